The van der Waals surface area contributed by atoms with Crippen molar-refractivity contribution in [2.24, 2.45) is 0 Å². The number of hydrogen-bond donors (Lipinski definition) is 0. The van der Waals surface area contributed by atoms with E-state index in [1.54, 1.807) is 0 Å². The number of para-hydroxylation sites is 6. The topological polar surface area (TPSA) is 6.48 Å². The lowest BCUT2D eigenvalue weighted by atomic mass is 9.64. The molecule has 0 atom stereocenters. The molecule has 2 heteroatoms. The average Bonchev–Trinajstić information content (AvgIpc) is 1.60. The molecule has 2 heterocycles. The molecule has 0 amide bonds. The molecule has 0 saturated carbocycles. The van der Waals surface area contributed by atoms with Gasteiger partial charge in [-0.3, -0.25) is 0 Å². The lowest BCUT2D eigenvalue weighted by Gasteiger charge is -2.45. The van der Waals surface area contributed by atoms with Gasteiger partial charge in [-0.05, 0) is 183 Å². The first-order valence-electron chi connectivity index (χ1n) is 31.2. The van der Waals surface area contributed by atoms with Crippen LogP contribution in [0.4, 0.5) is 34.1 Å². The Morgan fingerprint density at radius 3 is 0.820 bits per heavy atom. The summed E-state index contributed by atoms with van der Waals surface area (Å²) in [6.45, 7) is 0. The molecule has 0 aromatic heterocycles. The van der Waals surface area contributed by atoms with E-state index in [0.29, 0.717) is 0 Å². The minimum Gasteiger partial charge on any atom is -0.310 e. The minimum atomic E-state index is -0.683. The van der Waals surface area contributed by atoms with E-state index in [-0.39, 0.29) is 0 Å². The standard InChI is InChI=1S/C87H56N2/c1-3-31-61(32-4-1)88-79-51-19-15-45-73(79)86(74-46-16-20-52-80(74)88)71-43-13-9-37-67(71)83-63(39-25-49-77(83)86)57-27-23-29-59(55-57)85(69-41-11-7-35-65(69)66-36-8-12-42-70(66)85)60-30-24-28-58(56-60)64-40-26-50-78-84(64)68-38-10-14-44-72(68)87(78)75-47-17-21-53-81(75)89(62-33-5-2-6-34-62)82-54-22-18-48-76(82)87/h1-56H. The molecular weight excluding hydrogens is 1070 g/mol. The normalized spacial score (nSPS) is 14.7. The fourth-order valence-corrected chi connectivity index (χ4v) is 17.4. The Morgan fingerprint density at radius 1 is 0.180 bits per heavy atom. The predicted molar refractivity (Wildman–Crippen MR) is 366 cm³/mol. The first-order valence-corrected chi connectivity index (χ1v) is 31.2. The molecule has 14 aromatic carbocycles. The van der Waals surface area contributed by atoms with E-state index in [4.69, 9.17) is 0 Å². The summed E-state index contributed by atoms with van der Waals surface area (Å²) in [6, 6.07) is 128. The summed E-state index contributed by atoms with van der Waals surface area (Å²) in [5.74, 6) is 0. The number of nitrogens with zero attached hydrogens (tertiary/aromatic N) is 2. The Balaban J connectivity index is 0.820. The Kier molecular flexibility index (Phi) is 10.6. The number of anilines is 6. The van der Waals surface area contributed by atoms with Crippen LogP contribution in [0, 0.1) is 0 Å². The van der Waals surface area contributed by atoms with Gasteiger partial charge in [-0.1, -0.05) is 279 Å². The first kappa shape index (κ1) is 49.9. The Bertz CT molecular complexity index is 4820. The zero-order valence-corrected chi connectivity index (χ0v) is 48.7. The largest absolute Gasteiger partial charge is 0.310 e. The van der Waals surface area contributed by atoms with Crippen LogP contribution in [0.5, 0.6) is 0 Å². The smallest absolute Gasteiger partial charge is 0.0754 e. The van der Waals surface area contributed by atoms with Crippen LogP contribution in [-0.2, 0) is 16.2 Å². The molecule has 0 N–H and O–H groups in total. The zero-order valence-electron chi connectivity index (χ0n) is 48.7. The lowest BCUT2D eigenvalue weighted by molar-refractivity contribution is 0.752. The molecule has 0 fully saturated rings. The van der Waals surface area contributed by atoms with Crippen molar-refractivity contribution in [3.8, 4) is 55.6 Å². The van der Waals surface area contributed by atoms with Crippen LogP contribution in [0.3, 0.4) is 0 Å². The molecular formula is C87H56N2. The maximum Gasteiger partial charge on any atom is 0.0754 e. The Labute approximate surface area is 519 Å². The quantitative estimate of drug-likeness (QED) is 0.164. The van der Waals surface area contributed by atoms with Gasteiger partial charge in [0.1, 0.15) is 0 Å². The van der Waals surface area contributed by atoms with Gasteiger partial charge in [0, 0.05) is 11.4 Å². The van der Waals surface area contributed by atoms with Crippen molar-refractivity contribution in [2.75, 3.05) is 9.80 Å². The van der Waals surface area contributed by atoms with Gasteiger partial charge >= 0.3 is 0 Å². The number of rotatable bonds is 6. The van der Waals surface area contributed by atoms with Gasteiger partial charge in [0.25, 0.3) is 0 Å². The van der Waals surface area contributed by atoms with Gasteiger partial charge < -0.3 is 9.80 Å². The second-order valence-electron chi connectivity index (χ2n) is 24.5. The zero-order chi connectivity index (χ0) is 58.4. The summed E-state index contributed by atoms with van der Waals surface area (Å²) in [5.41, 5.74) is 33.1. The summed E-state index contributed by atoms with van der Waals surface area (Å²) in [5, 5.41) is 0. The van der Waals surface area contributed by atoms with Crippen molar-refractivity contribution in [3.63, 3.8) is 0 Å². The maximum atomic E-state index is 2.53. The highest BCUT2D eigenvalue weighted by Crippen LogP contribution is 2.67. The van der Waals surface area contributed by atoms with Crippen LogP contribution in [0.15, 0.2) is 340 Å². The first-order chi connectivity index (χ1) is 44.2. The molecule has 5 aliphatic rings. The van der Waals surface area contributed by atoms with Crippen molar-refractivity contribution in [2.45, 2.75) is 16.2 Å². The summed E-state index contributed by atoms with van der Waals surface area (Å²) < 4.78 is 0. The predicted octanol–water partition coefficient (Wildman–Crippen LogP) is 21.7. The van der Waals surface area contributed by atoms with Crippen LogP contribution < -0.4 is 9.80 Å². The van der Waals surface area contributed by atoms with E-state index in [1.807, 2.05) is 0 Å². The molecule has 0 radical (unpaired) electrons. The van der Waals surface area contributed by atoms with Gasteiger partial charge in [0.15, 0.2) is 0 Å². The molecule has 3 aliphatic carbocycles. The number of benzene rings is 14. The highest BCUT2D eigenvalue weighted by molar-refractivity contribution is 6.03. The third kappa shape index (κ3) is 6.49. The second-order valence-corrected chi connectivity index (χ2v) is 24.5. The van der Waals surface area contributed by atoms with Gasteiger partial charge in [-0.15, -0.1) is 0 Å². The van der Waals surface area contributed by atoms with Crippen LogP contribution in [0.2, 0.25) is 0 Å². The van der Waals surface area contributed by atoms with Crippen LogP contribution in [0.25, 0.3) is 55.6 Å². The van der Waals surface area contributed by atoms with Crippen molar-refractivity contribution in [1.29, 1.82) is 0 Å². The molecule has 14 aromatic rings. The van der Waals surface area contributed by atoms with Crippen LogP contribution in [0.1, 0.15) is 66.8 Å². The summed E-state index contributed by atoms with van der Waals surface area (Å²) in [7, 11) is 0. The number of fused-ring (bicyclic) bond motifs is 21. The van der Waals surface area contributed by atoms with E-state index in [0.717, 1.165) is 11.4 Å². The van der Waals surface area contributed by atoms with E-state index in [1.165, 1.54) is 145 Å². The van der Waals surface area contributed by atoms with Gasteiger partial charge in [-0.25, -0.2) is 0 Å². The molecule has 19 rings (SSSR count). The molecule has 2 nitrogen and oxygen atoms in total. The summed E-state index contributed by atoms with van der Waals surface area (Å²) >= 11 is 0. The van der Waals surface area contributed by atoms with Crippen LogP contribution >= 0.6 is 0 Å². The van der Waals surface area contributed by atoms with Crippen molar-refractivity contribution in [1.82, 2.24) is 0 Å². The summed E-state index contributed by atoms with van der Waals surface area (Å²) in [6.07, 6.45) is 0. The highest BCUT2D eigenvalue weighted by Gasteiger charge is 2.55. The third-order valence-electron chi connectivity index (χ3n) is 20.5. The fraction of sp³-hybridized carbons (Fsp3) is 0.0345. The molecule has 0 saturated heterocycles. The molecule has 89 heavy (non-hydrogen) atoms. The van der Waals surface area contributed by atoms with E-state index < -0.39 is 16.2 Å². The Hall–Kier alpha value is -11.3. The average molecular weight is 1130 g/mol. The third-order valence-corrected chi connectivity index (χ3v) is 20.5. The number of hydrogen-bond acceptors (Lipinski definition) is 2. The molecule has 0 bridgehead atoms. The maximum absolute atomic E-state index is 2.53. The minimum absolute atomic E-state index is 0.576. The van der Waals surface area contributed by atoms with Crippen molar-refractivity contribution in [3.05, 3.63) is 406 Å². The van der Waals surface area contributed by atoms with Gasteiger partial charge in [0.05, 0.1) is 39.0 Å². The monoisotopic (exact) mass is 1130 g/mol. The van der Waals surface area contributed by atoms with E-state index in [2.05, 4.69) is 350 Å². The van der Waals surface area contributed by atoms with Crippen LogP contribution in [-0.4, -0.2) is 0 Å². The fourth-order valence-electron chi connectivity index (χ4n) is 17.4. The van der Waals surface area contributed by atoms with E-state index in [9.17, 15) is 0 Å². The Morgan fingerprint density at radius 2 is 0.449 bits per heavy atom. The van der Waals surface area contributed by atoms with Gasteiger partial charge in [0.2, 0.25) is 0 Å². The molecule has 2 aliphatic heterocycles. The van der Waals surface area contributed by atoms with Crippen molar-refractivity contribution < 1.29 is 0 Å². The lowest BCUT2D eigenvalue weighted by Crippen LogP contribution is -2.36. The molecule has 0 unspecified atom stereocenters. The SMILES string of the molecule is c1ccc(N2c3ccccc3C3(c4ccccc4-c4c(-c5cccc(C6(c7cccc(-c8cccc9c8-c8ccccc8C98c9ccccc9N(c9ccccc9)c9ccccc98)c7)c7ccccc7-c7ccccc76)c5)cccc43)c3ccccc32)cc1. The molecule has 2 spiro atoms. The van der Waals surface area contributed by atoms with Crippen molar-refractivity contribution >= 4 is 34.1 Å². The highest BCUT2D eigenvalue weighted by atomic mass is 15.2. The van der Waals surface area contributed by atoms with Gasteiger partial charge in [-0.2, -0.15) is 0 Å². The van der Waals surface area contributed by atoms with E-state index >= 15 is 0 Å². The molecule has 414 valence electrons. The summed E-state index contributed by atoms with van der Waals surface area (Å²) in [4.78, 5) is 4.93. The second kappa shape index (κ2) is 18.8.